The molecule has 0 bridgehead atoms. The molecule has 2 aromatic carbocycles. The van der Waals surface area contributed by atoms with E-state index >= 15 is 0 Å². The maximum atomic E-state index is 12.8. The molecule has 1 fully saturated rings. The Morgan fingerprint density at radius 2 is 1.42 bits per heavy atom. The second-order valence-electron chi connectivity index (χ2n) is 6.57. The van der Waals surface area contributed by atoms with Crippen LogP contribution in [0.4, 0.5) is 0 Å². The van der Waals surface area contributed by atoms with Gasteiger partial charge < -0.3 is 25.2 Å². The fourth-order valence-electron chi connectivity index (χ4n) is 3.62. The van der Waals surface area contributed by atoms with Crippen molar-refractivity contribution in [3.63, 3.8) is 0 Å². The van der Waals surface area contributed by atoms with Crippen molar-refractivity contribution in [1.82, 2.24) is 0 Å². The van der Waals surface area contributed by atoms with Gasteiger partial charge in [-0.05, 0) is 5.56 Å². The van der Waals surface area contributed by atoms with E-state index in [4.69, 9.17) is 4.74 Å². The summed E-state index contributed by atoms with van der Waals surface area (Å²) in [5.41, 5.74) is -1.15. The van der Waals surface area contributed by atoms with Crippen LogP contribution in [0.3, 0.4) is 0 Å². The van der Waals surface area contributed by atoms with E-state index in [0.29, 0.717) is 16.9 Å². The number of ether oxygens (including phenoxy) is 1. The van der Waals surface area contributed by atoms with Gasteiger partial charge in [-0.15, -0.1) is 0 Å². The van der Waals surface area contributed by atoms with Crippen LogP contribution in [0.15, 0.2) is 66.4 Å². The molecule has 1 saturated carbocycles. The number of hydrogen-bond acceptors (Lipinski definition) is 6. The molecular weight excluding hydrogens is 336 g/mol. The third kappa shape index (κ3) is 2.39. The molecule has 2 aliphatic rings. The van der Waals surface area contributed by atoms with Gasteiger partial charge in [-0.2, -0.15) is 0 Å². The van der Waals surface area contributed by atoms with Gasteiger partial charge in [-0.25, -0.2) is 0 Å². The zero-order chi connectivity index (χ0) is 18.5. The van der Waals surface area contributed by atoms with Gasteiger partial charge in [0.1, 0.15) is 12.2 Å². The summed E-state index contributed by atoms with van der Waals surface area (Å²) in [4.78, 5) is 12.8. The Labute approximate surface area is 149 Å². The van der Waals surface area contributed by atoms with E-state index in [1.54, 1.807) is 54.6 Å². The summed E-state index contributed by atoms with van der Waals surface area (Å²) in [5, 5.41) is 42.0. The first-order valence-electron chi connectivity index (χ1n) is 8.30. The summed E-state index contributed by atoms with van der Waals surface area (Å²) in [6.07, 6.45) is -5.17. The highest BCUT2D eigenvalue weighted by Gasteiger charge is 2.65. The van der Waals surface area contributed by atoms with Crippen molar-refractivity contribution in [2.75, 3.05) is 0 Å². The average Bonchev–Trinajstić information content (AvgIpc) is 3.48. The first-order chi connectivity index (χ1) is 12.5. The van der Waals surface area contributed by atoms with Gasteiger partial charge in [0.15, 0.2) is 17.1 Å². The van der Waals surface area contributed by atoms with E-state index in [-0.39, 0.29) is 5.76 Å². The molecule has 4 rings (SSSR count). The van der Waals surface area contributed by atoms with Crippen molar-refractivity contribution in [2.24, 2.45) is 0 Å². The molecule has 0 radical (unpaired) electrons. The monoisotopic (exact) mass is 354 g/mol. The first kappa shape index (κ1) is 16.9. The van der Waals surface area contributed by atoms with Crippen LogP contribution in [-0.4, -0.2) is 50.1 Å². The zero-order valence-corrected chi connectivity index (χ0v) is 13.7. The van der Waals surface area contributed by atoms with Crippen molar-refractivity contribution in [1.29, 1.82) is 0 Å². The van der Waals surface area contributed by atoms with Gasteiger partial charge >= 0.3 is 0 Å². The zero-order valence-electron chi connectivity index (χ0n) is 13.7. The smallest absolute Gasteiger partial charge is 0.204 e. The molecule has 1 aliphatic heterocycles. The molecule has 0 saturated heterocycles. The van der Waals surface area contributed by atoms with Gasteiger partial charge in [0.05, 0.1) is 12.0 Å². The summed E-state index contributed by atoms with van der Waals surface area (Å²) in [5.74, 6) is -1.85. The number of ketones is 1. The first-order valence-corrected chi connectivity index (χ1v) is 8.30. The lowest BCUT2D eigenvalue weighted by Gasteiger charge is -2.43. The minimum atomic E-state index is -2.27. The third-order valence-corrected chi connectivity index (χ3v) is 5.02. The van der Waals surface area contributed by atoms with Gasteiger partial charge in [0, 0.05) is 5.56 Å². The maximum absolute atomic E-state index is 12.8. The lowest BCUT2D eigenvalue weighted by Crippen LogP contribution is -2.64. The summed E-state index contributed by atoms with van der Waals surface area (Å²) in [6.45, 7) is 0. The van der Waals surface area contributed by atoms with Crippen LogP contribution >= 0.6 is 0 Å². The summed E-state index contributed by atoms with van der Waals surface area (Å²) >= 11 is 0. The number of aliphatic hydroxyl groups excluding tert-OH is 3. The number of Topliss-reactive ketones (excluding diaryl/α,β-unsaturated/α-hetero) is 1. The van der Waals surface area contributed by atoms with Crippen molar-refractivity contribution >= 4 is 11.5 Å². The SMILES string of the molecule is O=C1[C@H](O)[C@H](O)C(O)C(c2ccccc2)[C@]1(O)C1=C(c2ccccc2)O1. The summed E-state index contributed by atoms with van der Waals surface area (Å²) in [6, 6.07) is 17.4. The lowest BCUT2D eigenvalue weighted by atomic mass is 9.66. The Morgan fingerprint density at radius 3 is 2.04 bits per heavy atom. The van der Waals surface area contributed by atoms with Crippen LogP contribution in [0.2, 0.25) is 0 Å². The fraction of sp³-hybridized carbons (Fsp3) is 0.250. The predicted molar refractivity (Wildman–Crippen MR) is 91.6 cm³/mol. The number of carbonyl (C=O) groups excluding carboxylic acids is 1. The number of rotatable bonds is 3. The van der Waals surface area contributed by atoms with Crippen LogP contribution in [-0.2, 0) is 9.53 Å². The number of carbonyl (C=O) groups is 1. The summed E-state index contributed by atoms with van der Waals surface area (Å²) in [7, 11) is 0. The molecule has 2 aromatic rings. The molecule has 4 N–H and O–H groups in total. The number of benzene rings is 2. The normalized spacial score (nSPS) is 33.8. The molecular formula is C20H18O6. The van der Waals surface area contributed by atoms with Crippen molar-refractivity contribution < 1.29 is 30.0 Å². The number of hydrogen-bond donors (Lipinski definition) is 4. The van der Waals surface area contributed by atoms with E-state index in [9.17, 15) is 25.2 Å². The van der Waals surface area contributed by atoms with E-state index in [2.05, 4.69) is 0 Å². The highest BCUT2D eigenvalue weighted by Crippen LogP contribution is 2.52. The van der Waals surface area contributed by atoms with Crippen LogP contribution in [0.25, 0.3) is 5.76 Å². The third-order valence-electron chi connectivity index (χ3n) is 5.02. The quantitative estimate of drug-likeness (QED) is 0.641. The van der Waals surface area contributed by atoms with Gasteiger partial charge in [0.2, 0.25) is 5.78 Å². The standard InChI is InChI=1S/C20H18O6/c21-14-13(11-7-3-1-4-8-11)20(25,18(24)16(23)15(14)22)19-17(26-19)12-9-5-2-6-10-12/h1-10,13-16,21-23,25H/t13?,14?,15-,16-,20-/m1/s1. The van der Waals surface area contributed by atoms with Crippen molar-refractivity contribution in [3.05, 3.63) is 77.5 Å². The Morgan fingerprint density at radius 1 is 0.846 bits per heavy atom. The molecule has 5 atom stereocenters. The van der Waals surface area contributed by atoms with Crippen LogP contribution in [0.1, 0.15) is 17.0 Å². The minimum absolute atomic E-state index is 0.00690. The molecule has 1 heterocycles. The summed E-state index contributed by atoms with van der Waals surface area (Å²) < 4.78 is 5.46. The van der Waals surface area contributed by atoms with E-state index in [1.165, 1.54) is 0 Å². The van der Waals surface area contributed by atoms with E-state index in [1.807, 2.05) is 6.07 Å². The van der Waals surface area contributed by atoms with Crippen LogP contribution < -0.4 is 0 Å². The Kier molecular flexibility index (Phi) is 3.93. The van der Waals surface area contributed by atoms with Gasteiger partial charge in [0.25, 0.3) is 0 Å². The van der Waals surface area contributed by atoms with Crippen LogP contribution in [0.5, 0.6) is 0 Å². The molecule has 2 unspecified atom stereocenters. The fourth-order valence-corrected chi connectivity index (χ4v) is 3.62. The number of aliphatic hydroxyl groups is 4. The van der Waals surface area contributed by atoms with E-state index in [0.717, 1.165) is 0 Å². The minimum Gasteiger partial charge on any atom is -0.450 e. The molecule has 6 heteroatoms. The topological polar surface area (TPSA) is 111 Å². The largest absolute Gasteiger partial charge is 0.450 e. The van der Waals surface area contributed by atoms with E-state index < -0.39 is 35.6 Å². The van der Waals surface area contributed by atoms with Crippen molar-refractivity contribution in [2.45, 2.75) is 29.8 Å². The highest BCUT2D eigenvalue weighted by atomic mass is 16.6. The second kappa shape index (κ2) is 6.03. The van der Waals surface area contributed by atoms with Crippen molar-refractivity contribution in [3.8, 4) is 0 Å². The molecule has 0 amide bonds. The molecule has 134 valence electrons. The van der Waals surface area contributed by atoms with Gasteiger partial charge in [-0.3, -0.25) is 4.79 Å². The molecule has 6 nitrogen and oxygen atoms in total. The maximum Gasteiger partial charge on any atom is 0.204 e. The lowest BCUT2D eigenvalue weighted by molar-refractivity contribution is -0.179. The Bertz CT molecular complexity index is 862. The Hall–Kier alpha value is -2.51. The average molecular weight is 354 g/mol. The second-order valence-corrected chi connectivity index (χ2v) is 6.57. The molecule has 26 heavy (non-hydrogen) atoms. The molecule has 0 spiro atoms. The highest BCUT2D eigenvalue weighted by molar-refractivity contribution is 6.00. The Balaban J connectivity index is 1.85. The van der Waals surface area contributed by atoms with Crippen LogP contribution in [0, 0.1) is 0 Å². The molecule has 0 aromatic heterocycles. The molecule has 1 aliphatic carbocycles. The predicted octanol–water partition coefficient (Wildman–Crippen LogP) is 0.566. The van der Waals surface area contributed by atoms with Gasteiger partial charge in [-0.1, -0.05) is 60.7 Å².